The molecule has 9 atom stereocenters. The van der Waals surface area contributed by atoms with Crippen LogP contribution in [-0.2, 0) is 19.1 Å². The Morgan fingerprint density at radius 3 is 2.73 bits per heavy atom. The third-order valence-corrected chi connectivity index (χ3v) is 11.4. The van der Waals surface area contributed by atoms with Crippen molar-refractivity contribution < 1.29 is 19.1 Å². The summed E-state index contributed by atoms with van der Waals surface area (Å²) < 4.78 is 12.5. The monoisotopic (exact) mass is 511 g/mol. The molecule has 5 rings (SSSR count). The van der Waals surface area contributed by atoms with Gasteiger partial charge in [-0.05, 0) is 91.9 Å². The number of hydrogen-bond donors (Lipinski definition) is 1. The molecule has 206 valence electrons. The Bertz CT molecular complexity index is 983. The minimum atomic E-state index is -0.0567. The van der Waals surface area contributed by atoms with Crippen molar-refractivity contribution in [2.24, 2.45) is 40.4 Å². The molecule has 3 fully saturated rings. The summed E-state index contributed by atoms with van der Waals surface area (Å²) in [6, 6.07) is 0. The fourth-order valence-corrected chi connectivity index (χ4v) is 9.38. The molecule has 1 N–H and O–H groups in total. The molecular formula is C32H49NO4. The highest BCUT2D eigenvalue weighted by atomic mass is 16.5. The zero-order chi connectivity index (χ0) is 26.5. The molecule has 5 heteroatoms. The number of allylic oxidation sites excluding steroid dienone is 2. The molecule has 1 aliphatic heterocycles. The van der Waals surface area contributed by atoms with E-state index in [-0.39, 0.29) is 23.4 Å². The van der Waals surface area contributed by atoms with Gasteiger partial charge in [-0.25, -0.2) is 0 Å². The zero-order valence-electron chi connectivity index (χ0n) is 24.0. The zero-order valence-corrected chi connectivity index (χ0v) is 24.0. The molecule has 0 saturated heterocycles. The predicted octanol–water partition coefficient (Wildman–Crippen LogP) is 6.72. The number of carbonyl (C=O) groups is 2. The van der Waals surface area contributed by atoms with Crippen LogP contribution in [0.15, 0.2) is 23.0 Å². The summed E-state index contributed by atoms with van der Waals surface area (Å²) in [5, 5.41) is 2.96. The van der Waals surface area contributed by atoms with Crippen molar-refractivity contribution in [2.75, 3.05) is 6.54 Å². The molecule has 3 saturated carbocycles. The second-order valence-corrected chi connectivity index (χ2v) is 13.6. The van der Waals surface area contributed by atoms with Crippen LogP contribution in [0.1, 0.15) is 106 Å². The molecule has 0 bridgehead atoms. The smallest absolute Gasteiger partial charge is 0.305 e. The normalized spacial score (nSPS) is 41.0. The molecule has 0 spiro atoms. The Balaban J connectivity index is 1.28. The van der Waals surface area contributed by atoms with Gasteiger partial charge in [-0.15, -0.1) is 0 Å². The van der Waals surface area contributed by atoms with Gasteiger partial charge in [-0.1, -0.05) is 39.3 Å². The van der Waals surface area contributed by atoms with Gasteiger partial charge in [0.25, 0.3) is 0 Å². The molecule has 5 aliphatic rings. The number of rotatable bonds is 7. The maximum Gasteiger partial charge on any atom is 0.305 e. The van der Waals surface area contributed by atoms with Gasteiger partial charge in [-0.2, -0.15) is 0 Å². The highest BCUT2D eigenvalue weighted by Crippen LogP contribution is 2.69. The highest BCUT2D eigenvalue weighted by Gasteiger charge is 2.63. The van der Waals surface area contributed by atoms with E-state index in [0.29, 0.717) is 29.8 Å². The average Bonchev–Trinajstić information content (AvgIpc) is 3.34. The summed E-state index contributed by atoms with van der Waals surface area (Å²) in [5.41, 5.74) is 3.67. The average molecular weight is 512 g/mol. The summed E-state index contributed by atoms with van der Waals surface area (Å²) in [4.78, 5) is 23.2. The summed E-state index contributed by atoms with van der Waals surface area (Å²) in [6.07, 6.45) is 13.5. The molecule has 0 radical (unpaired) electrons. The molecule has 0 unspecified atom stereocenters. The van der Waals surface area contributed by atoms with E-state index in [0.717, 1.165) is 56.4 Å². The lowest BCUT2D eigenvalue weighted by molar-refractivity contribution is -0.151. The molecule has 37 heavy (non-hydrogen) atoms. The van der Waals surface area contributed by atoms with Crippen LogP contribution < -0.4 is 5.32 Å². The molecule has 1 heterocycles. The summed E-state index contributed by atoms with van der Waals surface area (Å²) in [5.74, 6) is 4.45. The number of fused-ring (bicyclic) bond motifs is 7. The predicted molar refractivity (Wildman–Crippen MR) is 145 cm³/mol. The number of carbonyl (C=O) groups excluding carboxylic acids is 2. The lowest BCUT2D eigenvalue weighted by Gasteiger charge is -2.58. The van der Waals surface area contributed by atoms with Gasteiger partial charge in [0, 0.05) is 38.6 Å². The Hall–Kier alpha value is -1.78. The van der Waals surface area contributed by atoms with E-state index in [9.17, 15) is 9.59 Å². The van der Waals surface area contributed by atoms with E-state index in [1.807, 2.05) is 6.92 Å². The van der Waals surface area contributed by atoms with Crippen LogP contribution in [0.3, 0.4) is 0 Å². The number of nitrogens with one attached hydrogen (secondary N) is 1. The second-order valence-electron chi connectivity index (χ2n) is 13.6. The minimum absolute atomic E-state index is 0.0509. The van der Waals surface area contributed by atoms with Crippen LogP contribution >= 0.6 is 0 Å². The standard InChI is InChI=1S/C32H49NO4/c1-7-29(35)36-23-12-14-31(5)22(16-23)9-10-24-25(31)13-15-32(6)26(24)17-28-30(32)20(3)27(37-28)11-8-19(2)18-33-21(4)34/h9,19,23-26,28,30H,7-8,10-18H2,1-6H3,(H,33,34)/t19-,23+,24-,25+,26+,28+,30+,31+,32+/m1/s1. The van der Waals surface area contributed by atoms with Gasteiger partial charge < -0.3 is 14.8 Å². The van der Waals surface area contributed by atoms with Gasteiger partial charge in [-0.3, -0.25) is 9.59 Å². The third kappa shape index (κ3) is 4.67. The maximum atomic E-state index is 11.9. The SMILES string of the molecule is CCC(=O)O[C@H]1CC[C@@]2(C)C(=CC[C@H]3[C@@H]4C[C@@H]5OC(CC[C@@H](C)CNC(C)=O)=C(C)[C@@H]5[C@@]4(C)CC[C@@H]32)C1. The van der Waals surface area contributed by atoms with Crippen molar-refractivity contribution >= 4 is 11.9 Å². The van der Waals surface area contributed by atoms with E-state index < -0.39 is 0 Å². The van der Waals surface area contributed by atoms with E-state index >= 15 is 0 Å². The molecule has 0 aromatic carbocycles. The molecule has 0 aromatic rings. The van der Waals surface area contributed by atoms with E-state index in [1.54, 1.807) is 12.5 Å². The van der Waals surface area contributed by atoms with Gasteiger partial charge in [0.05, 0.1) is 5.76 Å². The fraction of sp³-hybridized carbons (Fsp3) is 0.812. The first-order chi connectivity index (χ1) is 17.6. The summed E-state index contributed by atoms with van der Waals surface area (Å²) in [6.45, 7) is 13.9. The first-order valence-corrected chi connectivity index (χ1v) is 15.1. The van der Waals surface area contributed by atoms with Crippen molar-refractivity contribution in [3.63, 3.8) is 0 Å². The van der Waals surface area contributed by atoms with Crippen LogP contribution in [-0.4, -0.2) is 30.6 Å². The van der Waals surface area contributed by atoms with E-state index in [4.69, 9.17) is 9.47 Å². The minimum Gasteiger partial charge on any atom is -0.494 e. The second kappa shape index (κ2) is 10.1. The topological polar surface area (TPSA) is 64.6 Å². The van der Waals surface area contributed by atoms with E-state index in [2.05, 4.69) is 39.1 Å². The maximum absolute atomic E-state index is 11.9. The van der Waals surface area contributed by atoms with Crippen LogP contribution in [0.4, 0.5) is 0 Å². The molecule has 0 aromatic heterocycles. The molecule has 5 nitrogen and oxygen atoms in total. The molecular weight excluding hydrogens is 462 g/mol. The molecule has 1 amide bonds. The third-order valence-electron chi connectivity index (χ3n) is 11.4. The Kier molecular flexibility index (Phi) is 7.30. The van der Waals surface area contributed by atoms with Crippen molar-refractivity contribution in [3.8, 4) is 0 Å². The quantitative estimate of drug-likeness (QED) is 0.304. The number of hydrogen-bond acceptors (Lipinski definition) is 4. The summed E-state index contributed by atoms with van der Waals surface area (Å²) >= 11 is 0. The van der Waals surface area contributed by atoms with Gasteiger partial charge in [0.2, 0.25) is 5.91 Å². The lowest BCUT2D eigenvalue weighted by atomic mass is 9.47. The van der Waals surface area contributed by atoms with Gasteiger partial charge in [0.15, 0.2) is 0 Å². The number of ether oxygens (including phenoxy) is 2. The van der Waals surface area contributed by atoms with Crippen molar-refractivity contribution in [2.45, 2.75) is 118 Å². The first kappa shape index (κ1) is 26.8. The van der Waals surface area contributed by atoms with Crippen LogP contribution in [0.25, 0.3) is 0 Å². The number of amides is 1. The van der Waals surface area contributed by atoms with Crippen LogP contribution in [0, 0.1) is 40.4 Å². The highest BCUT2D eigenvalue weighted by molar-refractivity contribution is 5.72. The Morgan fingerprint density at radius 2 is 2.00 bits per heavy atom. The number of esters is 1. The van der Waals surface area contributed by atoms with Crippen LogP contribution in [0.5, 0.6) is 0 Å². The largest absolute Gasteiger partial charge is 0.494 e. The summed E-state index contributed by atoms with van der Waals surface area (Å²) in [7, 11) is 0. The van der Waals surface area contributed by atoms with Crippen LogP contribution in [0.2, 0.25) is 0 Å². The van der Waals surface area contributed by atoms with Crippen molar-refractivity contribution in [1.82, 2.24) is 5.32 Å². The molecule has 4 aliphatic carbocycles. The van der Waals surface area contributed by atoms with Gasteiger partial charge in [0.1, 0.15) is 12.2 Å². The Morgan fingerprint density at radius 1 is 1.22 bits per heavy atom. The Labute approximate surface area is 224 Å². The van der Waals surface area contributed by atoms with E-state index in [1.165, 1.54) is 37.0 Å². The fourth-order valence-electron chi connectivity index (χ4n) is 9.38. The van der Waals surface area contributed by atoms with Crippen molar-refractivity contribution in [1.29, 1.82) is 0 Å². The lowest BCUT2D eigenvalue weighted by Crippen LogP contribution is -2.50. The first-order valence-electron chi connectivity index (χ1n) is 15.1. The van der Waals surface area contributed by atoms with Crippen molar-refractivity contribution in [3.05, 3.63) is 23.0 Å². The van der Waals surface area contributed by atoms with Gasteiger partial charge >= 0.3 is 5.97 Å².